The van der Waals surface area contributed by atoms with E-state index in [1.165, 1.54) is 11.8 Å². The van der Waals surface area contributed by atoms with E-state index in [0.29, 0.717) is 34.8 Å². The first-order valence-corrected chi connectivity index (χ1v) is 8.01. The fraction of sp³-hybridized carbons (Fsp3) is 0.357. The lowest BCUT2D eigenvalue weighted by Gasteiger charge is -2.09. The number of nitrogens with two attached hydrogens (primary N) is 1. The van der Waals surface area contributed by atoms with Crippen LogP contribution in [-0.2, 0) is 17.9 Å². The molecular weight excluding hydrogens is 320 g/mol. The molecule has 1 aliphatic rings. The van der Waals surface area contributed by atoms with Gasteiger partial charge in [0.15, 0.2) is 22.5 Å². The third-order valence-electron chi connectivity index (χ3n) is 3.17. The summed E-state index contributed by atoms with van der Waals surface area (Å²) >= 11 is 1.26. The third kappa shape index (κ3) is 3.50. The van der Waals surface area contributed by atoms with E-state index < -0.39 is 0 Å². The molecule has 0 aliphatic carbocycles. The quantitative estimate of drug-likeness (QED) is 0.758. The van der Waals surface area contributed by atoms with E-state index in [0.717, 1.165) is 0 Å². The van der Waals surface area contributed by atoms with Crippen LogP contribution in [0.4, 0.5) is 0 Å². The number of rotatable bonds is 7. The molecule has 8 nitrogen and oxygen atoms in total. The topological polar surface area (TPSA) is 101 Å². The Bertz CT molecular complexity index is 719. The van der Waals surface area contributed by atoms with Crippen LogP contribution in [0.5, 0.6) is 17.2 Å². The summed E-state index contributed by atoms with van der Waals surface area (Å²) in [6.07, 6.45) is 0. The number of amides is 1. The molecule has 9 heteroatoms. The van der Waals surface area contributed by atoms with Crippen molar-refractivity contribution < 1.29 is 19.0 Å². The fourth-order valence-electron chi connectivity index (χ4n) is 2.10. The van der Waals surface area contributed by atoms with Crippen molar-refractivity contribution in [3.63, 3.8) is 0 Å². The Labute approximate surface area is 136 Å². The predicted molar refractivity (Wildman–Crippen MR) is 82.5 cm³/mol. The molecule has 1 amide bonds. The van der Waals surface area contributed by atoms with Crippen LogP contribution in [-0.4, -0.2) is 33.2 Å². The van der Waals surface area contributed by atoms with Crippen molar-refractivity contribution in [1.82, 2.24) is 14.8 Å². The van der Waals surface area contributed by atoms with Crippen molar-refractivity contribution in [2.45, 2.75) is 25.2 Å². The SMILES string of the molecule is CCn1c(COc2ccc3c(c2)OCO3)nnc1SCC(N)=O. The number of hydrogen-bond acceptors (Lipinski definition) is 7. The van der Waals surface area contributed by atoms with Crippen molar-refractivity contribution >= 4 is 17.7 Å². The second-order valence-electron chi connectivity index (χ2n) is 4.70. The number of carbonyl (C=O) groups is 1. The highest BCUT2D eigenvalue weighted by Gasteiger charge is 2.15. The lowest BCUT2D eigenvalue weighted by molar-refractivity contribution is -0.115. The Balaban J connectivity index is 1.67. The highest BCUT2D eigenvalue weighted by Crippen LogP contribution is 2.35. The van der Waals surface area contributed by atoms with Gasteiger partial charge in [0.2, 0.25) is 12.7 Å². The molecule has 2 heterocycles. The number of ether oxygens (including phenoxy) is 3. The first-order chi connectivity index (χ1) is 11.2. The van der Waals surface area contributed by atoms with Crippen LogP contribution in [0.1, 0.15) is 12.7 Å². The summed E-state index contributed by atoms with van der Waals surface area (Å²) in [7, 11) is 0. The fourth-order valence-corrected chi connectivity index (χ4v) is 2.86. The summed E-state index contributed by atoms with van der Waals surface area (Å²) in [6, 6.07) is 5.39. The molecular formula is C14H16N4O4S. The van der Waals surface area contributed by atoms with Gasteiger partial charge in [-0.2, -0.15) is 0 Å². The maximum atomic E-state index is 10.9. The standard InChI is InChI=1S/C14H16N4O4S/c1-2-18-13(16-17-14(18)23-7-12(15)19)6-20-9-3-4-10-11(5-9)22-8-21-10/h3-5H,2,6-8H2,1H3,(H2,15,19). The van der Waals surface area contributed by atoms with Gasteiger partial charge in [-0.05, 0) is 19.1 Å². The molecule has 23 heavy (non-hydrogen) atoms. The van der Waals surface area contributed by atoms with Crippen LogP contribution in [0.3, 0.4) is 0 Å². The number of benzene rings is 1. The molecule has 1 aromatic carbocycles. The van der Waals surface area contributed by atoms with E-state index in [9.17, 15) is 4.79 Å². The van der Waals surface area contributed by atoms with E-state index in [-0.39, 0.29) is 25.1 Å². The Morgan fingerprint density at radius 1 is 1.39 bits per heavy atom. The average Bonchev–Trinajstić information content (AvgIpc) is 3.16. The van der Waals surface area contributed by atoms with E-state index >= 15 is 0 Å². The average molecular weight is 336 g/mol. The number of aromatic nitrogens is 3. The largest absolute Gasteiger partial charge is 0.485 e. The molecule has 2 aromatic rings. The highest BCUT2D eigenvalue weighted by molar-refractivity contribution is 7.99. The number of carbonyl (C=O) groups excluding carboxylic acids is 1. The lowest BCUT2D eigenvalue weighted by atomic mass is 10.3. The summed E-state index contributed by atoms with van der Waals surface area (Å²) in [4.78, 5) is 10.9. The molecule has 1 aliphatic heterocycles. The highest BCUT2D eigenvalue weighted by atomic mass is 32.2. The van der Waals surface area contributed by atoms with Gasteiger partial charge < -0.3 is 24.5 Å². The van der Waals surface area contributed by atoms with Gasteiger partial charge in [-0.25, -0.2) is 0 Å². The van der Waals surface area contributed by atoms with Crippen molar-refractivity contribution in [2.75, 3.05) is 12.5 Å². The Hall–Kier alpha value is -2.42. The molecule has 0 radical (unpaired) electrons. The van der Waals surface area contributed by atoms with Crippen molar-refractivity contribution in [1.29, 1.82) is 0 Å². The summed E-state index contributed by atoms with van der Waals surface area (Å²) < 4.78 is 18.2. The molecule has 3 rings (SSSR count). The number of primary amides is 1. The number of fused-ring (bicyclic) bond motifs is 1. The zero-order chi connectivity index (χ0) is 16.2. The normalized spacial score (nSPS) is 12.4. The monoisotopic (exact) mass is 336 g/mol. The Kier molecular flexibility index (Phi) is 4.56. The molecule has 0 saturated heterocycles. The van der Waals surface area contributed by atoms with Gasteiger partial charge in [0.25, 0.3) is 0 Å². The van der Waals surface area contributed by atoms with Gasteiger partial charge in [-0.3, -0.25) is 4.79 Å². The zero-order valence-electron chi connectivity index (χ0n) is 12.5. The minimum Gasteiger partial charge on any atom is -0.485 e. The smallest absolute Gasteiger partial charge is 0.231 e. The molecule has 2 N–H and O–H groups in total. The second-order valence-corrected chi connectivity index (χ2v) is 5.64. The third-order valence-corrected chi connectivity index (χ3v) is 4.15. The van der Waals surface area contributed by atoms with Crippen LogP contribution >= 0.6 is 11.8 Å². The van der Waals surface area contributed by atoms with Crippen molar-refractivity contribution in [2.24, 2.45) is 5.73 Å². The number of thioether (sulfide) groups is 1. The number of hydrogen-bond donors (Lipinski definition) is 1. The summed E-state index contributed by atoms with van der Waals surface area (Å²) in [5.74, 6) is 2.49. The molecule has 1 aromatic heterocycles. The van der Waals surface area contributed by atoms with Gasteiger partial charge in [-0.15, -0.1) is 10.2 Å². The van der Waals surface area contributed by atoms with Crippen LogP contribution in [0.25, 0.3) is 0 Å². The van der Waals surface area contributed by atoms with Crippen molar-refractivity contribution in [3.8, 4) is 17.2 Å². The zero-order valence-corrected chi connectivity index (χ0v) is 13.3. The minimum absolute atomic E-state index is 0.168. The van der Waals surface area contributed by atoms with E-state index in [2.05, 4.69) is 10.2 Å². The maximum absolute atomic E-state index is 10.9. The van der Waals surface area contributed by atoms with Gasteiger partial charge >= 0.3 is 0 Å². The summed E-state index contributed by atoms with van der Waals surface area (Å²) in [5.41, 5.74) is 5.15. The van der Waals surface area contributed by atoms with Gasteiger partial charge in [0.05, 0.1) is 5.75 Å². The summed E-state index contributed by atoms with van der Waals surface area (Å²) in [5, 5.41) is 8.83. The molecule has 0 bridgehead atoms. The Morgan fingerprint density at radius 3 is 3.00 bits per heavy atom. The molecule has 0 saturated carbocycles. The first kappa shape index (κ1) is 15.5. The van der Waals surface area contributed by atoms with Crippen molar-refractivity contribution in [3.05, 3.63) is 24.0 Å². The molecule has 122 valence electrons. The van der Waals surface area contributed by atoms with Crippen LogP contribution in [0.2, 0.25) is 0 Å². The molecule has 0 spiro atoms. The molecule has 0 fully saturated rings. The Morgan fingerprint density at radius 2 is 2.22 bits per heavy atom. The molecule has 0 unspecified atom stereocenters. The van der Waals surface area contributed by atoms with Gasteiger partial charge in [0, 0.05) is 12.6 Å². The van der Waals surface area contributed by atoms with Crippen LogP contribution in [0, 0.1) is 0 Å². The predicted octanol–water partition coefficient (Wildman–Crippen LogP) is 1.18. The summed E-state index contributed by atoms with van der Waals surface area (Å²) in [6.45, 7) is 3.14. The first-order valence-electron chi connectivity index (χ1n) is 7.03. The van der Waals surface area contributed by atoms with E-state index in [1.807, 2.05) is 17.6 Å². The number of nitrogens with zero attached hydrogens (tertiary/aromatic N) is 3. The lowest BCUT2D eigenvalue weighted by Crippen LogP contribution is -2.14. The minimum atomic E-state index is -0.390. The van der Waals surface area contributed by atoms with E-state index in [4.69, 9.17) is 19.9 Å². The van der Waals surface area contributed by atoms with Gasteiger partial charge in [-0.1, -0.05) is 11.8 Å². The van der Waals surface area contributed by atoms with Gasteiger partial charge in [0.1, 0.15) is 12.4 Å². The van der Waals surface area contributed by atoms with Crippen LogP contribution in [0.15, 0.2) is 23.4 Å². The maximum Gasteiger partial charge on any atom is 0.231 e. The van der Waals surface area contributed by atoms with E-state index in [1.54, 1.807) is 12.1 Å². The van der Waals surface area contributed by atoms with Crippen LogP contribution < -0.4 is 19.9 Å². The molecule has 0 atom stereocenters. The second kappa shape index (κ2) is 6.78.